The Morgan fingerprint density at radius 3 is 2.71 bits per heavy atom. The van der Waals surface area contributed by atoms with E-state index in [1.807, 2.05) is 0 Å². The lowest BCUT2D eigenvalue weighted by Gasteiger charge is -2.22. The molecule has 1 rings (SSSR count). The summed E-state index contributed by atoms with van der Waals surface area (Å²) in [5.74, 6) is -0.358. The van der Waals surface area contributed by atoms with E-state index in [1.165, 1.54) is 0 Å². The average molecular weight is 262 g/mol. The lowest BCUT2D eigenvalue weighted by atomic mass is 10.00. The van der Waals surface area contributed by atoms with Gasteiger partial charge in [-0.25, -0.2) is 8.42 Å². The van der Waals surface area contributed by atoms with E-state index in [4.69, 9.17) is 0 Å². The van der Waals surface area contributed by atoms with Gasteiger partial charge in [0.15, 0.2) is 9.84 Å². The topological polar surface area (TPSA) is 75.3 Å². The summed E-state index contributed by atoms with van der Waals surface area (Å²) in [6.07, 6.45) is 2.20. The number of hydrogen-bond acceptors (Lipinski definition) is 4. The molecule has 0 bridgehead atoms. The molecule has 6 heteroatoms. The van der Waals surface area contributed by atoms with Gasteiger partial charge in [-0.05, 0) is 45.7 Å². The zero-order valence-corrected chi connectivity index (χ0v) is 11.3. The highest BCUT2D eigenvalue weighted by molar-refractivity contribution is 7.92. The standard InChI is InChI=1S/C11H22N2O3S/c1-9(2)17(15,16)8-11(14)13-7-10-4-3-5-12-6-10/h9-10,12H,3-8H2,1-2H3,(H,13,14). The van der Waals surface area contributed by atoms with Crippen molar-refractivity contribution in [2.24, 2.45) is 5.92 Å². The smallest absolute Gasteiger partial charge is 0.235 e. The number of hydrogen-bond donors (Lipinski definition) is 2. The van der Waals surface area contributed by atoms with Crippen LogP contribution in [0.2, 0.25) is 0 Å². The second-order valence-corrected chi connectivity index (χ2v) is 7.43. The first-order valence-electron chi connectivity index (χ1n) is 6.11. The van der Waals surface area contributed by atoms with Crippen LogP contribution < -0.4 is 10.6 Å². The summed E-state index contributed by atoms with van der Waals surface area (Å²) >= 11 is 0. The van der Waals surface area contributed by atoms with Crippen LogP contribution in [0, 0.1) is 5.92 Å². The van der Waals surface area contributed by atoms with Crippen LogP contribution in [-0.2, 0) is 14.6 Å². The molecule has 0 spiro atoms. The van der Waals surface area contributed by atoms with Crippen LogP contribution in [0.1, 0.15) is 26.7 Å². The summed E-state index contributed by atoms with van der Waals surface area (Å²) in [7, 11) is -3.28. The van der Waals surface area contributed by atoms with Crippen molar-refractivity contribution in [3.05, 3.63) is 0 Å². The molecule has 1 aliphatic rings. The third kappa shape index (κ3) is 5.04. The molecule has 1 aliphatic heterocycles. The van der Waals surface area contributed by atoms with Gasteiger partial charge < -0.3 is 10.6 Å². The van der Waals surface area contributed by atoms with Crippen molar-refractivity contribution in [3.63, 3.8) is 0 Å². The van der Waals surface area contributed by atoms with E-state index in [1.54, 1.807) is 13.8 Å². The van der Waals surface area contributed by atoms with E-state index in [0.717, 1.165) is 25.9 Å². The van der Waals surface area contributed by atoms with Crippen LogP contribution >= 0.6 is 0 Å². The third-order valence-electron chi connectivity index (χ3n) is 3.04. The third-order valence-corrected chi connectivity index (χ3v) is 5.14. The lowest BCUT2D eigenvalue weighted by molar-refractivity contribution is -0.118. The summed E-state index contributed by atoms with van der Waals surface area (Å²) in [6.45, 7) is 5.68. The van der Waals surface area contributed by atoms with Gasteiger partial charge >= 0.3 is 0 Å². The number of rotatable bonds is 5. The van der Waals surface area contributed by atoms with Gasteiger partial charge in [0.25, 0.3) is 0 Å². The van der Waals surface area contributed by atoms with Crippen molar-refractivity contribution in [1.82, 2.24) is 10.6 Å². The molecule has 1 fully saturated rings. The molecule has 1 heterocycles. The Labute approximate surface area is 103 Å². The molecule has 1 amide bonds. The van der Waals surface area contributed by atoms with Gasteiger partial charge in [0.05, 0.1) is 5.25 Å². The number of sulfone groups is 1. The predicted molar refractivity (Wildman–Crippen MR) is 67.5 cm³/mol. The van der Waals surface area contributed by atoms with Crippen molar-refractivity contribution in [1.29, 1.82) is 0 Å². The van der Waals surface area contributed by atoms with E-state index < -0.39 is 20.8 Å². The van der Waals surface area contributed by atoms with E-state index in [2.05, 4.69) is 10.6 Å². The second-order valence-electron chi connectivity index (χ2n) is 4.87. The van der Waals surface area contributed by atoms with Crippen molar-refractivity contribution in [3.8, 4) is 0 Å². The maximum Gasteiger partial charge on any atom is 0.235 e. The highest BCUT2D eigenvalue weighted by Crippen LogP contribution is 2.08. The van der Waals surface area contributed by atoms with Gasteiger partial charge in [-0.3, -0.25) is 4.79 Å². The quantitative estimate of drug-likeness (QED) is 0.727. The molecule has 0 aliphatic carbocycles. The van der Waals surface area contributed by atoms with Crippen LogP contribution in [0.25, 0.3) is 0 Å². The Bertz CT molecular complexity index is 346. The Kier molecular flexibility index (Phi) is 5.39. The molecule has 0 aromatic heterocycles. The largest absolute Gasteiger partial charge is 0.355 e. The second kappa shape index (κ2) is 6.35. The highest BCUT2D eigenvalue weighted by Gasteiger charge is 2.21. The molecule has 0 radical (unpaired) electrons. The Morgan fingerprint density at radius 1 is 1.47 bits per heavy atom. The maximum atomic E-state index is 11.5. The summed E-state index contributed by atoms with van der Waals surface area (Å²) < 4.78 is 23.0. The Hall–Kier alpha value is -0.620. The summed E-state index contributed by atoms with van der Waals surface area (Å²) in [4.78, 5) is 11.5. The number of carbonyl (C=O) groups excluding carboxylic acids is 1. The highest BCUT2D eigenvalue weighted by atomic mass is 32.2. The molecule has 1 unspecified atom stereocenters. The zero-order chi connectivity index (χ0) is 12.9. The molecule has 1 saturated heterocycles. The first-order valence-corrected chi connectivity index (χ1v) is 7.82. The Balaban J connectivity index is 2.30. The molecule has 0 saturated carbocycles. The van der Waals surface area contributed by atoms with Crippen LogP contribution in [0.5, 0.6) is 0 Å². The molecular weight excluding hydrogens is 240 g/mol. The van der Waals surface area contributed by atoms with Crippen LogP contribution in [0.4, 0.5) is 0 Å². The van der Waals surface area contributed by atoms with Crippen LogP contribution in [0.15, 0.2) is 0 Å². The van der Waals surface area contributed by atoms with E-state index >= 15 is 0 Å². The molecule has 5 nitrogen and oxygen atoms in total. The van der Waals surface area contributed by atoms with Gasteiger partial charge in [0.1, 0.15) is 5.75 Å². The van der Waals surface area contributed by atoms with Gasteiger partial charge in [0.2, 0.25) is 5.91 Å². The van der Waals surface area contributed by atoms with E-state index in [-0.39, 0.29) is 5.91 Å². The monoisotopic (exact) mass is 262 g/mol. The number of piperidine rings is 1. The minimum atomic E-state index is -3.28. The summed E-state index contributed by atoms with van der Waals surface area (Å²) in [5.41, 5.74) is 0. The first kappa shape index (κ1) is 14.4. The van der Waals surface area contributed by atoms with Crippen molar-refractivity contribution in [2.45, 2.75) is 31.9 Å². The first-order chi connectivity index (χ1) is 7.92. The van der Waals surface area contributed by atoms with Crippen LogP contribution in [0.3, 0.4) is 0 Å². The van der Waals surface area contributed by atoms with E-state index in [9.17, 15) is 13.2 Å². The molecular formula is C11H22N2O3S. The fraction of sp³-hybridized carbons (Fsp3) is 0.909. The average Bonchev–Trinajstić information content (AvgIpc) is 2.27. The fourth-order valence-electron chi connectivity index (χ4n) is 1.76. The van der Waals surface area contributed by atoms with Crippen molar-refractivity contribution >= 4 is 15.7 Å². The van der Waals surface area contributed by atoms with Gasteiger partial charge in [-0.2, -0.15) is 0 Å². The number of carbonyl (C=O) groups is 1. The van der Waals surface area contributed by atoms with Crippen LogP contribution in [-0.4, -0.2) is 45.0 Å². The molecule has 0 aromatic carbocycles. The molecule has 17 heavy (non-hydrogen) atoms. The van der Waals surface area contributed by atoms with Gasteiger partial charge in [-0.1, -0.05) is 0 Å². The van der Waals surface area contributed by atoms with Gasteiger partial charge in [0, 0.05) is 6.54 Å². The predicted octanol–water partition coefficient (Wildman–Crippen LogP) is -0.0746. The Morgan fingerprint density at radius 2 is 2.18 bits per heavy atom. The van der Waals surface area contributed by atoms with Crippen molar-refractivity contribution < 1.29 is 13.2 Å². The number of nitrogens with one attached hydrogen (secondary N) is 2. The van der Waals surface area contributed by atoms with E-state index in [0.29, 0.717) is 12.5 Å². The normalized spacial score (nSPS) is 21.5. The molecule has 2 N–H and O–H groups in total. The molecule has 1 atom stereocenters. The summed E-state index contributed by atoms with van der Waals surface area (Å²) in [5, 5.41) is 5.47. The minimum Gasteiger partial charge on any atom is -0.355 e. The lowest BCUT2D eigenvalue weighted by Crippen LogP contribution is -2.40. The SMILES string of the molecule is CC(C)S(=O)(=O)CC(=O)NCC1CCCNC1. The van der Waals surface area contributed by atoms with Crippen molar-refractivity contribution in [2.75, 3.05) is 25.4 Å². The fourth-order valence-corrected chi connectivity index (χ4v) is 2.56. The van der Waals surface area contributed by atoms with Gasteiger partial charge in [-0.15, -0.1) is 0 Å². The zero-order valence-electron chi connectivity index (χ0n) is 10.5. The molecule has 100 valence electrons. The summed E-state index contributed by atoms with van der Waals surface area (Å²) in [6, 6.07) is 0. The maximum absolute atomic E-state index is 11.5. The molecule has 0 aromatic rings. The number of amides is 1. The minimum absolute atomic E-state index is 0.385.